The molecule has 106 valence electrons. The molecular weight excluding hydrogens is 250 g/mol. The molecule has 1 aliphatic carbocycles. The molecule has 1 aromatic rings. The van der Waals surface area contributed by atoms with E-state index in [1.54, 1.807) is 0 Å². The highest BCUT2D eigenvalue weighted by Gasteiger charge is 2.43. The summed E-state index contributed by atoms with van der Waals surface area (Å²) in [6.45, 7) is 3.14. The lowest BCUT2D eigenvalue weighted by atomic mass is 9.79. The molecular formula is C17H21NO2. The van der Waals surface area contributed by atoms with Gasteiger partial charge in [-0.15, -0.1) is 0 Å². The third-order valence-corrected chi connectivity index (χ3v) is 4.30. The molecule has 3 atom stereocenters. The van der Waals surface area contributed by atoms with Crippen LogP contribution in [0.1, 0.15) is 25.3 Å². The molecule has 3 nitrogen and oxygen atoms in total. The number of carbonyl (C=O) groups excluding carboxylic acids is 1. The molecule has 2 aliphatic heterocycles. The van der Waals surface area contributed by atoms with Crippen LogP contribution in [0.2, 0.25) is 0 Å². The number of carbonyl (C=O) groups is 1. The number of ether oxygens (including phenoxy) is 1. The van der Waals surface area contributed by atoms with Gasteiger partial charge in [-0.2, -0.15) is 0 Å². The van der Waals surface area contributed by atoms with E-state index >= 15 is 0 Å². The van der Waals surface area contributed by atoms with Crippen molar-refractivity contribution in [3.05, 3.63) is 48.0 Å². The number of nitrogens with zero attached hydrogens (tertiary/aromatic N) is 1. The van der Waals surface area contributed by atoms with E-state index in [0.29, 0.717) is 18.6 Å². The van der Waals surface area contributed by atoms with Crippen molar-refractivity contribution in [2.45, 2.75) is 38.4 Å². The van der Waals surface area contributed by atoms with Crippen molar-refractivity contribution in [3.8, 4) is 0 Å². The maximum atomic E-state index is 12.3. The van der Waals surface area contributed by atoms with Crippen LogP contribution in [0.5, 0.6) is 0 Å². The van der Waals surface area contributed by atoms with Crippen molar-refractivity contribution >= 4 is 5.97 Å². The van der Waals surface area contributed by atoms with Gasteiger partial charge in [0.2, 0.25) is 0 Å². The van der Waals surface area contributed by atoms with Crippen molar-refractivity contribution in [3.63, 3.8) is 0 Å². The molecule has 20 heavy (non-hydrogen) atoms. The second-order valence-electron chi connectivity index (χ2n) is 5.55. The highest BCUT2D eigenvalue weighted by atomic mass is 16.5. The average molecular weight is 271 g/mol. The minimum Gasteiger partial charge on any atom is -0.465 e. The Hall–Kier alpha value is -1.61. The summed E-state index contributed by atoms with van der Waals surface area (Å²) < 4.78 is 5.29. The number of rotatable bonds is 4. The first kappa shape index (κ1) is 13.4. The van der Waals surface area contributed by atoms with Gasteiger partial charge in [0.15, 0.2) is 0 Å². The van der Waals surface area contributed by atoms with Crippen LogP contribution in [0.15, 0.2) is 42.5 Å². The van der Waals surface area contributed by atoms with E-state index < -0.39 is 0 Å². The summed E-state index contributed by atoms with van der Waals surface area (Å²) in [4.78, 5) is 14.6. The van der Waals surface area contributed by atoms with Gasteiger partial charge >= 0.3 is 5.97 Å². The quantitative estimate of drug-likeness (QED) is 0.623. The smallest absolute Gasteiger partial charge is 0.323 e. The highest BCUT2D eigenvalue weighted by molar-refractivity contribution is 5.77. The lowest BCUT2D eigenvalue weighted by Gasteiger charge is -2.46. The summed E-state index contributed by atoms with van der Waals surface area (Å²) in [6, 6.07) is 10.6. The number of esters is 1. The molecule has 1 saturated heterocycles. The van der Waals surface area contributed by atoms with Gasteiger partial charge in [-0.25, -0.2) is 0 Å². The summed E-state index contributed by atoms with van der Waals surface area (Å²) in [6.07, 6.45) is 6.70. The van der Waals surface area contributed by atoms with Gasteiger partial charge in [-0.3, -0.25) is 9.69 Å². The SMILES string of the molecule is CCOC(=O)C1C2C=CC(CC2)N1Cc1ccccc1. The third kappa shape index (κ3) is 2.50. The largest absolute Gasteiger partial charge is 0.465 e. The van der Waals surface area contributed by atoms with E-state index in [4.69, 9.17) is 4.74 Å². The Morgan fingerprint density at radius 1 is 1.25 bits per heavy atom. The molecule has 0 radical (unpaired) electrons. The van der Waals surface area contributed by atoms with Crippen LogP contribution in [-0.4, -0.2) is 29.6 Å². The van der Waals surface area contributed by atoms with Crippen LogP contribution in [-0.2, 0) is 16.1 Å². The normalized spacial score (nSPS) is 28.6. The number of hydrogen-bond donors (Lipinski definition) is 0. The predicted molar refractivity (Wildman–Crippen MR) is 78.1 cm³/mol. The van der Waals surface area contributed by atoms with Gasteiger partial charge in [0.1, 0.15) is 6.04 Å². The number of piperidine rings is 1. The first-order valence-corrected chi connectivity index (χ1v) is 7.44. The van der Waals surface area contributed by atoms with Crippen molar-refractivity contribution in [1.29, 1.82) is 0 Å². The molecule has 3 unspecified atom stereocenters. The summed E-state index contributed by atoms with van der Waals surface area (Å²) in [5.74, 6) is 0.241. The van der Waals surface area contributed by atoms with Crippen LogP contribution >= 0.6 is 0 Å². The summed E-state index contributed by atoms with van der Waals surface area (Å²) in [5.41, 5.74) is 1.25. The Bertz CT molecular complexity index is 497. The zero-order valence-electron chi connectivity index (χ0n) is 11.9. The summed E-state index contributed by atoms with van der Waals surface area (Å²) in [7, 11) is 0. The van der Waals surface area contributed by atoms with E-state index in [1.165, 1.54) is 5.56 Å². The summed E-state index contributed by atoms with van der Waals surface area (Å²) >= 11 is 0. The van der Waals surface area contributed by atoms with Gasteiger partial charge in [0.05, 0.1) is 6.61 Å². The minimum atomic E-state index is -0.112. The monoisotopic (exact) mass is 271 g/mol. The Morgan fingerprint density at radius 3 is 2.70 bits per heavy atom. The van der Waals surface area contributed by atoms with Gasteiger partial charge in [0.25, 0.3) is 0 Å². The number of fused-ring (bicyclic) bond motifs is 2. The fourth-order valence-electron chi connectivity index (χ4n) is 3.37. The molecule has 0 saturated carbocycles. The second kappa shape index (κ2) is 5.80. The van der Waals surface area contributed by atoms with Crippen LogP contribution in [0.4, 0.5) is 0 Å². The van der Waals surface area contributed by atoms with Crippen LogP contribution in [0, 0.1) is 5.92 Å². The van der Waals surface area contributed by atoms with Gasteiger partial charge < -0.3 is 4.74 Å². The van der Waals surface area contributed by atoms with Crippen LogP contribution in [0.25, 0.3) is 0 Å². The van der Waals surface area contributed by atoms with E-state index in [2.05, 4.69) is 29.2 Å². The van der Waals surface area contributed by atoms with E-state index in [-0.39, 0.29) is 12.0 Å². The molecule has 4 rings (SSSR count). The standard InChI is InChI=1S/C17H21NO2/c1-2-20-17(19)16-14-8-10-15(11-9-14)18(16)12-13-6-4-3-5-7-13/h3-8,10,14-16H,2,9,11-12H2,1H3. The molecule has 1 aromatic carbocycles. The fraction of sp³-hybridized carbons (Fsp3) is 0.471. The van der Waals surface area contributed by atoms with Gasteiger partial charge in [-0.1, -0.05) is 42.5 Å². The number of hydrogen-bond acceptors (Lipinski definition) is 3. The Balaban J connectivity index is 1.82. The van der Waals surface area contributed by atoms with Crippen LogP contribution < -0.4 is 0 Å². The van der Waals surface area contributed by atoms with Crippen molar-refractivity contribution in [2.75, 3.05) is 6.61 Å². The van der Waals surface area contributed by atoms with E-state index in [9.17, 15) is 4.79 Å². The predicted octanol–water partition coefficient (Wildman–Crippen LogP) is 2.77. The first-order valence-electron chi connectivity index (χ1n) is 7.44. The van der Waals surface area contributed by atoms with Gasteiger partial charge in [0, 0.05) is 18.5 Å². The maximum Gasteiger partial charge on any atom is 0.323 e. The van der Waals surface area contributed by atoms with Crippen molar-refractivity contribution in [1.82, 2.24) is 4.90 Å². The van der Waals surface area contributed by atoms with Crippen molar-refractivity contribution in [2.24, 2.45) is 5.92 Å². The minimum absolute atomic E-state index is 0.0671. The Labute approximate surface area is 120 Å². The summed E-state index contributed by atoms with van der Waals surface area (Å²) in [5, 5.41) is 0. The van der Waals surface area contributed by atoms with Crippen LogP contribution in [0.3, 0.4) is 0 Å². The second-order valence-corrected chi connectivity index (χ2v) is 5.55. The molecule has 0 spiro atoms. The van der Waals surface area contributed by atoms with Gasteiger partial charge in [-0.05, 0) is 25.3 Å². The average Bonchev–Trinajstić information content (AvgIpc) is 2.49. The Kier molecular flexibility index (Phi) is 3.88. The Morgan fingerprint density at radius 2 is 2.05 bits per heavy atom. The zero-order chi connectivity index (χ0) is 13.9. The molecule has 1 fully saturated rings. The molecule has 2 bridgehead atoms. The molecule has 0 amide bonds. The van der Waals surface area contributed by atoms with Crippen molar-refractivity contribution < 1.29 is 9.53 Å². The lowest BCUT2D eigenvalue weighted by molar-refractivity contribution is -0.154. The molecule has 2 heterocycles. The molecule has 0 aromatic heterocycles. The third-order valence-electron chi connectivity index (χ3n) is 4.30. The topological polar surface area (TPSA) is 29.5 Å². The fourth-order valence-corrected chi connectivity index (χ4v) is 3.37. The maximum absolute atomic E-state index is 12.3. The van der Waals surface area contributed by atoms with E-state index in [1.807, 2.05) is 25.1 Å². The zero-order valence-corrected chi connectivity index (χ0v) is 11.9. The highest BCUT2D eigenvalue weighted by Crippen LogP contribution is 2.36. The first-order chi connectivity index (χ1) is 9.79. The molecule has 3 aliphatic rings. The number of benzene rings is 1. The molecule has 0 N–H and O–H groups in total. The van der Waals surface area contributed by atoms with E-state index in [0.717, 1.165) is 19.4 Å². The molecule has 3 heteroatoms. The lowest BCUT2D eigenvalue weighted by Crippen LogP contribution is -2.56.